The van der Waals surface area contributed by atoms with E-state index in [2.05, 4.69) is 20.4 Å². The molecule has 0 unspecified atom stereocenters. The molecule has 0 radical (unpaired) electrons. The van der Waals surface area contributed by atoms with Gasteiger partial charge in [0, 0.05) is 24.0 Å². The first-order chi connectivity index (χ1) is 13.3. The molecule has 2 heterocycles. The van der Waals surface area contributed by atoms with Crippen LogP contribution in [0.25, 0.3) is 17.6 Å². The van der Waals surface area contributed by atoms with Gasteiger partial charge < -0.3 is 5.32 Å². The number of alkyl halides is 3. The van der Waals surface area contributed by atoms with E-state index < -0.39 is 11.7 Å². The number of carbonyl (C=O) groups is 1. The summed E-state index contributed by atoms with van der Waals surface area (Å²) in [6.45, 7) is 1.62. The van der Waals surface area contributed by atoms with Crippen LogP contribution in [0.15, 0.2) is 55.0 Å². The summed E-state index contributed by atoms with van der Waals surface area (Å²) < 4.78 is 40.2. The SMILES string of the molecule is Cc1cc(-c2ncn(/C=C\C(=O)CNc3ccccn3)n2)cc(C(F)(F)F)c1. The highest BCUT2D eigenvalue weighted by Gasteiger charge is 2.31. The monoisotopic (exact) mass is 387 g/mol. The van der Waals surface area contributed by atoms with E-state index in [0.717, 1.165) is 12.1 Å². The number of carbonyl (C=O) groups excluding carboxylic acids is 1. The molecule has 0 atom stereocenters. The third kappa shape index (κ3) is 5.03. The lowest BCUT2D eigenvalue weighted by Crippen LogP contribution is -2.12. The largest absolute Gasteiger partial charge is 0.416 e. The van der Waals surface area contributed by atoms with Gasteiger partial charge in [-0.05, 0) is 42.8 Å². The van der Waals surface area contributed by atoms with E-state index in [1.54, 1.807) is 37.4 Å². The summed E-state index contributed by atoms with van der Waals surface area (Å²) in [5.74, 6) is 0.489. The van der Waals surface area contributed by atoms with Gasteiger partial charge in [0.05, 0.1) is 12.1 Å². The van der Waals surface area contributed by atoms with Gasteiger partial charge in [-0.25, -0.2) is 14.6 Å². The molecule has 2 aromatic heterocycles. The standard InChI is InChI=1S/C19H16F3N5O/c1-13-8-14(10-15(9-13)19(20,21)22)18-25-12-27(26-18)7-5-16(28)11-24-17-4-2-3-6-23-17/h2-10,12H,11H2,1H3,(H,23,24)/b7-5-. The Hall–Kier alpha value is -3.49. The van der Waals surface area contributed by atoms with Crippen molar-refractivity contribution in [2.24, 2.45) is 0 Å². The highest BCUT2D eigenvalue weighted by atomic mass is 19.4. The van der Waals surface area contributed by atoms with E-state index in [1.807, 2.05) is 0 Å². The summed E-state index contributed by atoms with van der Waals surface area (Å²) in [5, 5.41) is 6.98. The molecule has 0 saturated heterocycles. The average Bonchev–Trinajstić information content (AvgIpc) is 3.13. The van der Waals surface area contributed by atoms with Gasteiger partial charge in [-0.2, -0.15) is 13.2 Å². The van der Waals surface area contributed by atoms with Crippen molar-refractivity contribution in [3.8, 4) is 11.4 Å². The predicted molar refractivity (Wildman–Crippen MR) is 98.3 cm³/mol. The molecule has 0 saturated carbocycles. The molecule has 1 aromatic carbocycles. The number of nitrogens with one attached hydrogen (secondary N) is 1. The number of hydrogen-bond acceptors (Lipinski definition) is 5. The maximum atomic E-state index is 13.0. The Balaban J connectivity index is 1.68. The highest BCUT2D eigenvalue weighted by Crippen LogP contribution is 2.32. The van der Waals surface area contributed by atoms with Gasteiger partial charge in [-0.3, -0.25) is 4.79 Å². The van der Waals surface area contributed by atoms with Gasteiger partial charge in [0.15, 0.2) is 11.6 Å². The van der Waals surface area contributed by atoms with Crippen LogP contribution in [0.3, 0.4) is 0 Å². The van der Waals surface area contributed by atoms with Crippen LogP contribution in [0.2, 0.25) is 0 Å². The van der Waals surface area contributed by atoms with Crippen LogP contribution in [0.1, 0.15) is 11.1 Å². The summed E-state index contributed by atoms with van der Waals surface area (Å²) in [6.07, 6.45) is 1.16. The Labute approximate surface area is 158 Å². The fraction of sp³-hybridized carbons (Fsp3) is 0.158. The number of nitrogens with zero attached hydrogens (tertiary/aromatic N) is 4. The van der Waals surface area contributed by atoms with E-state index in [9.17, 15) is 18.0 Å². The van der Waals surface area contributed by atoms with Crippen LogP contribution in [-0.2, 0) is 11.0 Å². The molecule has 0 spiro atoms. The molecule has 0 amide bonds. The molecule has 6 nitrogen and oxygen atoms in total. The number of aryl methyl sites for hydroxylation is 1. The number of hydrogen-bond donors (Lipinski definition) is 1. The number of ketones is 1. The van der Waals surface area contributed by atoms with Crippen molar-refractivity contribution in [2.45, 2.75) is 13.1 Å². The van der Waals surface area contributed by atoms with Crippen LogP contribution < -0.4 is 5.32 Å². The topological polar surface area (TPSA) is 72.7 Å². The molecule has 1 N–H and O–H groups in total. The average molecular weight is 387 g/mol. The van der Waals surface area contributed by atoms with E-state index >= 15 is 0 Å². The van der Waals surface area contributed by atoms with Gasteiger partial charge >= 0.3 is 6.18 Å². The van der Waals surface area contributed by atoms with E-state index in [1.165, 1.54) is 23.3 Å². The normalized spacial score (nSPS) is 11.7. The second kappa shape index (κ2) is 8.03. The minimum Gasteiger partial charge on any atom is -0.363 e. The zero-order valence-corrected chi connectivity index (χ0v) is 14.8. The lowest BCUT2D eigenvalue weighted by Gasteiger charge is -2.09. The first-order valence-electron chi connectivity index (χ1n) is 8.27. The molecule has 0 bridgehead atoms. The molecule has 3 rings (SSSR count). The van der Waals surface area contributed by atoms with Crippen molar-refractivity contribution in [3.63, 3.8) is 0 Å². The van der Waals surface area contributed by atoms with Crippen LogP contribution in [-0.4, -0.2) is 32.1 Å². The van der Waals surface area contributed by atoms with Crippen molar-refractivity contribution in [1.82, 2.24) is 19.7 Å². The van der Waals surface area contributed by atoms with Crippen molar-refractivity contribution in [1.29, 1.82) is 0 Å². The summed E-state index contributed by atoms with van der Waals surface area (Å²) >= 11 is 0. The quantitative estimate of drug-likeness (QED) is 0.651. The minimum atomic E-state index is -4.45. The second-order valence-corrected chi connectivity index (χ2v) is 5.98. The van der Waals surface area contributed by atoms with Crippen LogP contribution in [0.5, 0.6) is 0 Å². The van der Waals surface area contributed by atoms with Crippen LogP contribution >= 0.6 is 0 Å². The zero-order chi connectivity index (χ0) is 20.1. The molecular weight excluding hydrogens is 371 g/mol. The molecule has 0 fully saturated rings. The highest BCUT2D eigenvalue weighted by molar-refractivity contribution is 5.95. The minimum absolute atomic E-state index is 0.0435. The molecule has 0 aliphatic heterocycles. The number of pyridine rings is 1. The Kier molecular flexibility index (Phi) is 5.53. The lowest BCUT2D eigenvalue weighted by molar-refractivity contribution is -0.137. The first-order valence-corrected chi connectivity index (χ1v) is 8.27. The van der Waals surface area contributed by atoms with Gasteiger partial charge in [0.25, 0.3) is 0 Å². The maximum absolute atomic E-state index is 13.0. The number of anilines is 1. The summed E-state index contributed by atoms with van der Waals surface area (Å²) in [7, 11) is 0. The van der Waals surface area contributed by atoms with Gasteiger partial charge in [-0.15, -0.1) is 5.10 Å². The third-order valence-corrected chi connectivity index (χ3v) is 3.69. The van der Waals surface area contributed by atoms with E-state index in [-0.39, 0.29) is 23.7 Å². The van der Waals surface area contributed by atoms with Gasteiger partial charge in [-0.1, -0.05) is 6.07 Å². The maximum Gasteiger partial charge on any atom is 0.416 e. The smallest absolute Gasteiger partial charge is 0.363 e. The van der Waals surface area contributed by atoms with Crippen molar-refractivity contribution >= 4 is 17.8 Å². The van der Waals surface area contributed by atoms with Crippen molar-refractivity contribution in [3.05, 3.63) is 66.1 Å². The lowest BCUT2D eigenvalue weighted by atomic mass is 10.1. The zero-order valence-electron chi connectivity index (χ0n) is 14.8. The second-order valence-electron chi connectivity index (χ2n) is 5.98. The Morgan fingerprint density at radius 1 is 1.21 bits per heavy atom. The molecule has 9 heteroatoms. The third-order valence-electron chi connectivity index (χ3n) is 3.69. The van der Waals surface area contributed by atoms with Crippen molar-refractivity contribution in [2.75, 3.05) is 11.9 Å². The van der Waals surface area contributed by atoms with Crippen molar-refractivity contribution < 1.29 is 18.0 Å². The van der Waals surface area contributed by atoms with Gasteiger partial charge in [0.1, 0.15) is 12.1 Å². The number of aromatic nitrogens is 4. The number of benzene rings is 1. The summed E-state index contributed by atoms with van der Waals surface area (Å²) in [5.41, 5.74) is -0.0553. The van der Waals surface area contributed by atoms with Gasteiger partial charge in [0.2, 0.25) is 0 Å². The summed E-state index contributed by atoms with van der Waals surface area (Å²) in [4.78, 5) is 20.0. The Bertz CT molecular complexity index is 996. The van der Waals surface area contributed by atoms with E-state index in [4.69, 9.17) is 0 Å². The molecule has 3 aromatic rings. The number of rotatable bonds is 6. The molecule has 144 valence electrons. The number of halogens is 3. The Morgan fingerprint density at radius 2 is 2.04 bits per heavy atom. The first kappa shape index (κ1) is 19.3. The molecular formula is C19H16F3N5O. The van der Waals surface area contributed by atoms with Crippen LogP contribution in [0, 0.1) is 6.92 Å². The predicted octanol–water partition coefficient (Wildman–Crippen LogP) is 3.82. The summed E-state index contributed by atoms with van der Waals surface area (Å²) in [6, 6.07) is 8.92. The van der Waals surface area contributed by atoms with E-state index in [0.29, 0.717) is 11.4 Å². The molecule has 0 aliphatic rings. The fourth-order valence-electron chi connectivity index (χ4n) is 2.42. The fourth-order valence-corrected chi connectivity index (χ4v) is 2.42. The van der Waals surface area contributed by atoms with Crippen LogP contribution in [0.4, 0.5) is 19.0 Å². The molecule has 28 heavy (non-hydrogen) atoms. The Morgan fingerprint density at radius 3 is 2.75 bits per heavy atom. The molecule has 0 aliphatic carbocycles.